The summed E-state index contributed by atoms with van der Waals surface area (Å²) >= 11 is 0. The average molecular weight is 328 g/mol. The molecule has 0 saturated heterocycles. The van der Waals surface area contributed by atoms with Gasteiger partial charge in [0.2, 0.25) is 0 Å². The number of hydrogen-bond donors (Lipinski definition) is 1. The van der Waals surface area contributed by atoms with Crippen molar-refractivity contribution < 1.29 is 9.18 Å². The number of carbonyl (C=O) groups is 1. The number of carbonyl (C=O) groups excluding carboxylic acids is 1. The Hall–Kier alpha value is -1.99. The molecular formula is C14H19ClFN5O. The summed E-state index contributed by atoms with van der Waals surface area (Å²) in [5.74, 6) is -0.480. The van der Waals surface area contributed by atoms with Gasteiger partial charge in [-0.3, -0.25) is 4.79 Å². The minimum absolute atomic E-state index is 0. The summed E-state index contributed by atoms with van der Waals surface area (Å²) in [7, 11) is 3.54. The van der Waals surface area contributed by atoms with Crippen molar-refractivity contribution in [2.24, 2.45) is 0 Å². The fourth-order valence-corrected chi connectivity index (χ4v) is 1.87. The van der Waals surface area contributed by atoms with Crippen LogP contribution in [0, 0.1) is 5.82 Å². The van der Waals surface area contributed by atoms with Gasteiger partial charge in [-0.15, -0.1) is 17.5 Å². The van der Waals surface area contributed by atoms with Crippen LogP contribution < -0.4 is 5.32 Å². The van der Waals surface area contributed by atoms with Crippen molar-refractivity contribution in [2.45, 2.75) is 6.54 Å². The van der Waals surface area contributed by atoms with Crippen LogP contribution in [0.25, 0.3) is 0 Å². The zero-order valence-electron chi connectivity index (χ0n) is 12.5. The second-order valence-electron chi connectivity index (χ2n) is 4.76. The molecule has 2 rings (SSSR count). The highest BCUT2D eigenvalue weighted by molar-refractivity contribution is 5.91. The van der Waals surface area contributed by atoms with Gasteiger partial charge in [-0.2, -0.15) is 0 Å². The highest BCUT2D eigenvalue weighted by Crippen LogP contribution is 2.06. The van der Waals surface area contributed by atoms with E-state index in [1.54, 1.807) is 30.3 Å². The van der Waals surface area contributed by atoms with E-state index in [1.165, 1.54) is 16.8 Å². The van der Waals surface area contributed by atoms with Crippen molar-refractivity contribution in [1.82, 2.24) is 25.2 Å². The van der Waals surface area contributed by atoms with Crippen LogP contribution in [0.3, 0.4) is 0 Å². The molecule has 6 nitrogen and oxygen atoms in total. The first-order valence-corrected chi connectivity index (χ1v) is 6.65. The molecule has 1 aromatic carbocycles. The molecule has 0 aliphatic heterocycles. The van der Waals surface area contributed by atoms with E-state index in [9.17, 15) is 9.18 Å². The molecule has 1 heterocycles. The topological polar surface area (TPSA) is 63.1 Å². The molecular weight excluding hydrogens is 309 g/mol. The molecule has 0 aliphatic carbocycles. The molecule has 1 aromatic heterocycles. The summed E-state index contributed by atoms with van der Waals surface area (Å²) in [6.45, 7) is 1.67. The van der Waals surface area contributed by atoms with E-state index in [2.05, 4.69) is 15.6 Å². The zero-order chi connectivity index (χ0) is 15.2. The van der Waals surface area contributed by atoms with Gasteiger partial charge in [0.25, 0.3) is 5.91 Å². The van der Waals surface area contributed by atoms with Crippen LogP contribution in [0.15, 0.2) is 30.5 Å². The molecule has 2 aromatic rings. The number of aromatic nitrogens is 3. The van der Waals surface area contributed by atoms with Gasteiger partial charge in [0.15, 0.2) is 5.69 Å². The Morgan fingerprint density at radius 2 is 2.23 bits per heavy atom. The monoisotopic (exact) mass is 327 g/mol. The quantitative estimate of drug-likeness (QED) is 0.865. The van der Waals surface area contributed by atoms with Crippen LogP contribution in [-0.4, -0.2) is 53.0 Å². The van der Waals surface area contributed by atoms with E-state index in [4.69, 9.17) is 0 Å². The summed E-state index contributed by atoms with van der Waals surface area (Å²) in [5, 5.41) is 10.8. The second-order valence-corrected chi connectivity index (χ2v) is 4.76. The van der Waals surface area contributed by atoms with Crippen LogP contribution >= 0.6 is 12.4 Å². The molecule has 0 atom stereocenters. The maximum Gasteiger partial charge on any atom is 0.275 e. The number of nitrogens with one attached hydrogen (secondary N) is 1. The number of hydrogen-bond acceptors (Lipinski definition) is 4. The Bertz CT molecular complexity index is 619. The lowest BCUT2D eigenvalue weighted by molar-refractivity contribution is 0.0791. The summed E-state index contributed by atoms with van der Waals surface area (Å²) in [6, 6.07) is 6.25. The van der Waals surface area contributed by atoms with E-state index in [0.29, 0.717) is 19.6 Å². The first-order chi connectivity index (χ1) is 10.1. The van der Waals surface area contributed by atoms with Gasteiger partial charge in [-0.25, -0.2) is 9.07 Å². The second kappa shape index (κ2) is 8.45. The van der Waals surface area contributed by atoms with Gasteiger partial charge >= 0.3 is 0 Å². The van der Waals surface area contributed by atoms with E-state index in [0.717, 1.165) is 5.56 Å². The molecule has 0 saturated carbocycles. The van der Waals surface area contributed by atoms with Crippen molar-refractivity contribution >= 4 is 18.3 Å². The summed E-state index contributed by atoms with van der Waals surface area (Å²) in [6.07, 6.45) is 1.57. The van der Waals surface area contributed by atoms with Crippen LogP contribution in [0.2, 0.25) is 0 Å². The molecule has 0 aliphatic rings. The minimum atomic E-state index is -0.296. The molecule has 1 N–H and O–H groups in total. The molecule has 1 amide bonds. The van der Waals surface area contributed by atoms with Gasteiger partial charge in [-0.05, 0) is 24.7 Å². The summed E-state index contributed by atoms with van der Waals surface area (Å²) in [5.41, 5.74) is 1.05. The lowest BCUT2D eigenvalue weighted by Gasteiger charge is -2.14. The van der Waals surface area contributed by atoms with Crippen molar-refractivity contribution in [3.8, 4) is 0 Å². The van der Waals surface area contributed by atoms with Gasteiger partial charge in [-0.1, -0.05) is 17.3 Å². The average Bonchev–Trinajstić information content (AvgIpc) is 2.92. The third-order valence-electron chi connectivity index (χ3n) is 3.04. The van der Waals surface area contributed by atoms with E-state index >= 15 is 0 Å². The van der Waals surface area contributed by atoms with Crippen LogP contribution in [0.1, 0.15) is 16.1 Å². The SMILES string of the molecule is CNCCN(C)C(=O)c1cn(Cc2cccc(F)c2)nn1.Cl. The number of amides is 1. The Kier molecular flexibility index (Phi) is 6.94. The molecule has 0 fully saturated rings. The number of rotatable bonds is 6. The van der Waals surface area contributed by atoms with Gasteiger partial charge in [0.05, 0.1) is 12.7 Å². The van der Waals surface area contributed by atoms with Crippen LogP contribution in [0.4, 0.5) is 4.39 Å². The standard InChI is InChI=1S/C14H18FN5O.ClH/c1-16-6-7-19(2)14(21)13-10-20(18-17-13)9-11-4-3-5-12(15)8-11;/h3-5,8,10,16H,6-7,9H2,1-2H3;1H. The highest BCUT2D eigenvalue weighted by atomic mass is 35.5. The largest absolute Gasteiger partial charge is 0.339 e. The molecule has 8 heteroatoms. The van der Waals surface area contributed by atoms with Crippen molar-refractivity contribution in [2.75, 3.05) is 27.2 Å². The molecule has 120 valence electrons. The molecule has 0 radical (unpaired) electrons. The Balaban J connectivity index is 0.00000242. The third kappa shape index (κ3) is 4.78. The van der Waals surface area contributed by atoms with E-state index in [-0.39, 0.29) is 29.8 Å². The number of benzene rings is 1. The highest BCUT2D eigenvalue weighted by Gasteiger charge is 2.15. The first kappa shape index (κ1) is 18.1. The van der Waals surface area contributed by atoms with Gasteiger partial charge < -0.3 is 10.2 Å². The van der Waals surface area contributed by atoms with E-state index in [1.807, 2.05) is 7.05 Å². The smallest absolute Gasteiger partial charge is 0.275 e. The third-order valence-corrected chi connectivity index (χ3v) is 3.04. The predicted molar refractivity (Wildman–Crippen MR) is 83.7 cm³/mol. The fraction of sp³-hybridized carbons (Fsp3) is 0.357. The minimum Gasteiger partial charge on any atom is -0.339 e. The summed E-state index contributed by atoms with van der Waals surface area (Å²) < 4.78 is 14.6. The van der Waals surface area contributed by atoms with Gasteiger partial charge in [0, 0.05) is 20.1 Å². The summed E-state index contributed by atoms with van der Waals surface area (Å²) in [4.78, 5) is 13.7. The predicted octanol–water partition coefficient (Wildman–Crippen LogP) is 1.18. The zero-order valence-corrected chi connectivity index (χ0v) is 13.3. The van der Waals surface area contributed by atoms with E-state index < -0.39 is 0 Å². The number of likely N-dealkylation sites (N-methyl/N-ethyl adjacent to an activating group) is 2. The Morgan fingerprint density at radius 3 is 2.91 bits per heavy atom. The normalized spacial score (nSPS) is 10.1. The Labute approximate surface area is 134 Å². The lowest BCUT2D eigenvalue weighted by atomic mass is 10.2. The molecule has 22 heavy (non-hydrogen) atoms. The van der Waals surface area contributed by atoms with Crippen LogP contribution in [-0.2, 0) is 6.54 Å². The fourth-order valence-electron chi connectivity index (χ4n) is 1.87. The number of halogens is 2. The maximum absolute atomic E-state index is 13.1. The Morgan fingerprint density at radius 1 is 1.45 bits per heavy atom. The van der Waals surface area contributed by atoms with Crippen molar-refractivity contribution in [3.05, 3.63) is 47.5 Å². The molecule has 0 bridgehead atoms. The van der Waals surface area contributed by atoms with Crippen molar-refractivity contribution in [1.29, 1.82) is 0 Å². The molecule has 0 unspecified atom stereocenters. The first-order valence-electron chi connectivity index (χ1n) is 6.65. The maximum atomic E-state index is 13.1. The van der Waals surface area contributed by atoms with Crippen molar-refractivity contribution in [3.63, 3.8) is 0 Å². The number of nitrogens with zero attached hydrogens (tertiary/aromatic N) is 4. The lowest BCUT2D eigenvalue weighted by Crippen LogP contribution is -2.33. The van der Waals surface area contributed by atoms with Crippen LogP contribution in [0.5, 0.6) is 0 Å². The molecule has 0 spiro atoms. The van der Waals surface area contributed by atoms with Gasteiger partial charge in [0.1, 0.15) is 5.82 Å².